The van der Waals surface area contributed by atoms with E-state index in [2.05, 4.69) is 10.6 Å². The second kappa shape index (κ2) is 10.5. The first-order chi connectivity index (χ1) is 13.0. The van der Waals surface area contributed by atoms with Gasteiger partial charge in [-0.3, -0.25) is 10.1 Å². The number of thiocarbonyl (C=S) groups is 1. The highest BCUT2D eigenvalue weighted by Crippen LogP contribution is 2.15. The number of benzene rings is 2. The molecule has 1 amide bonds. The minimum atomic E-state index is -0.401. The third kappa shape index (κ3) is 7.24. The van der Waals surface area contributed by atoms with E-state index in [9.17, 15) is 9.59 Å². The summed E-state index contributed by atoms with van der Waals surface area (Å²) >= 11 is 10.9. The normalized spacial score (nSPS) is 10.0. The third-order valence-electron chi connectivity index (χ3n) is 3.25. The van der Waals surface area contributed by atoms with Crippen LogP contribution in [-0.4, -0.2) is 30.2 Å². The molecule has 0 radical (unpaired) electrons. The second-order valence-electron chi connectivity index (χ2n) is 5.46. The monoisotopic (exact) mass is 406 g/mol. The summed E-state index contributed by atoms with van der Waals surface area (Å²) in [6.07, 6.45) is 0.765. The van der Waals surface area contributed by atoms with Gasteiger partial charge in [0.15, 0.2) is 11.7 Å². The van der Waals surface area contributed by atoms with Crippen molar-refractivity contribution < 1.29 is 19.1 Å². The molecule has 6 nitrogen and oxygen atoms in total. The van der Waals surface area contributed by atoms with E-state index in [1.54, 1.807) is 48.5 Å². The Kier molecular flexibility index (Phi) is 8.03. The molecule has 0 aliphatic rings. The van der Waals surface area contributed by atoms with Crippen molar-refractivity contribution in [3.8, 4) is 5.75 Å². The van der Waals surface area contributed by atoms with Crippen LogP contribution in [0, 0.1) is 0 Å². The second-order valence-corrected chi connectivity index (χ2v) is 6.30. The maximum atomic E-state index is 11.9. The minimum Gasteiger partial charge on any atom is -0.484 e. The number of hydrogen-bond donors (Lipinski definition) is 2. The van der Waals surface area contributed by atoms with Crippen LogP contribution in [0.1, 0.15) is 23.7 Å². The van der Waals surface area contributed by atoms with Crippen LogP contribution in [0.4, 0.5) is 5.69 Å². The summed E-state index contributed by atoms with van der Waals surface area (Å²) in [7, 11) is 0. The van der Waals surface area contributed by atoms with Crippen LogP contribution in [0.5, 0.6) is 5.75 Å². The van der Waals surface area contributed by atoms with Gasteiger partial charge in [-0.1, -0.05) is 18.5 Å². The molecule has 2 aromatic carbocycles. The van der Waals surface area contributed by atoms with Gasteiger partial charge in [-0.05, 0) is 67.2 Å². The lowest BCUT2D eigenvalue weighted by Gasteiger charge is -2.11. The number of rotatable bonds is 7. The van der Waals surface area contributed by atoms with E-state index in [0.717, 1.165) is 6.42 Å². The average Bonchev–Trinajstić information content (AvgIpc) is 2.66. The highest BCUT2D eigenvalue weighted by molar-refractivity contribution is 7.80. The van der Waals surface area contributed by atoms with Gasteiger partial charge in [0.2, 0.25) is 0 Å². The smallest absolute Gasteiger partial charge is 0.338 e. The van der Waals surface area contributed by atoms with E-state index in [1.165, 1.54) is 0 Å². The minimum absolute atomic E-state index is 0.126. The zero-order valence-electron chi connectivity index (χ0n) is 14.7. The molecule has 0 fully saturated rings. The SMILES string of the molecule is CCCOC(=O)c1ccc(NC(=S)NC(=O)COc2ccc(Cl)cc2)cc1. The Hall–Kier alpha value is -2.64. The Balaban J connectivity index is 1.78. The predicted octanol–water partition coefficient (Wildman–Crippen LogP) is 3.80. The van der Waals surface area contributed by atoms with Gasteiger partial charge in [-0.2, -0.15) is 0 Å². The summed E-state index contributed by atoms with van der Waals surface area (Å²) in [6.45, 7) is 2.12. The fraction of sp³-hybridized carbons (Fsp3) is 0.211. The molecule has 0 unspecified atom stereocenters. The molecule has 0 bridgehead atoms. The summed E-state index contributed by atoms with van der Waals surface area (Å²) < 4.78 is 10.4. The first-order valence-electron chi connectivity index (χ1n) is 8.24. The summed E-state index contributed by atoms with van der Waals surface area (Å²) in [5.41, 5.74) is 1.08. The Bertz CT molecular complexity index is 794. The zero-order valence-corrected chi connectivity index (χ0v) is 16.2. The van der Waals surface area contributed by atoms with Crippen molar-refractivity contribution in [3.63, 3.8) is 0 Å². The van der Waals surface area contributed by atoms with E-state index < -0.39 is 5.91 Å². The fourth-order valence-corrected chi connectivity index (χ4v) is 2.33. The molecular weight excluding hydrogens is 388 g/mol. The summed E-state index contributed by atoms with van der Waals surface area (Å²) in [5.74, 6) is -0.250. The summed E-state index contributed by atoms with van der Waals surface area (Å²) in [4.78, 5) is 23.6. The number of esters is 1. The first-order valence-corrected chi connectivity index (χ1v) is 9.03. The van der Waals surface area contributed by atoms with Crippen molar-refractivity contribution in [1.29, 1.82) is 0 Å². The average molecular weight is 407 g/mol. The molecule has 2 N–H and O–H groups in total. The molecule has 0 aliphatic heterocycles. The van der Waals surface area contributed by atoms with Crippen LogP contribution in [0.2, 0.25) is 5.02 Å². The van der Waals surface area contributed by atoms with Gasteiger partial charge < -0.3 is 14.8 Å². The lowest BCUT2D eigenvalue weighted by Crippen LogP contribution is -2.37. The molecule has 0 heterocycles. The Morgan fingerprint density at radius 2 is 1.74 bits per heavy atom. The topological polar surface area (TPSA) is 76.7 Å². The molecule has 0 saturated heterocycles. The van der Waals surface area contributed by atoms with Crippen molar-refractivity contribution in [2.45, 2.75) is 13.3 Å². The highest BCUT2D eigenvalue weighted by atomic mass is 35.5. The van der Waals surface area contributed by atoms with Gasteiger partial charge in [0.1, 0.15) is 5.75 Å². The number of anilines is 1. The molecule has 0 atom stereocenters. The van der Waals surface area contributed by atoms with E-state index >= 15 is 0 Å². The molecular formula is C19H19ClN2O4S. The van der Waals surface area contributed by atoms with Crippen molar-refractivity contribution in [1.82, 2.24) is 5.32 Å². The predicted molar refractivity (Wildman–Crippen MR) is 108 cm³/mol. The number of hydrogen-bond acceptors (Lipinski definition) is 5. The lowest BCUT2D eigenvalue weighted by atomic mass is 10.2. The van der Waals surface area contributed by atoms with E-state index in [0.29, 0.717) is 28.6 Å². The van der Waals surface area contributed by atoms with Crippen LogP contribution >= 0.6 is 23.8 Å². The first kappa shape index (κ1) is 20.7. The standard InChI is InChI=1S/C19H19ClN2O4S/c1-2-11-25-18(24)13-3-7-15(8-4-13)21-19(27)22-17(23)12-26-16-9-5-14(20)6-10-16/h3-10H,2,11-12H2,1H3,(H2,21,22,23,27). The van der Waals surface area contributed by atoms with Gasteiger partial charge in [-0.15, -0.1) is 0 Å². The van der Waals surface area contributed by atoms with Gasteiger partial charge >= 0.3 is 5.97 Å². The number of carbonyl (C=O) groups is 2. The van der Waals surface area contributed by atoms with Crippen LogP contribution in [-0.2, 0) is 9.53 Å². The molecule has 2 rings (SSSR count). The molecule has 0 saturated carbocycles. The highest BCUT2D eigenvalue weighted by Gasteiger charge is 2.08. The Morgan fingerprint density at radius 3 is 2.37 bits per heavy atom. The largest absolute Gasteiger partial charge is 0.484 e. The van der Waals surface area contributed by atoms with Crippen LogP contribution in [0.25, 0.3) is 0 Å². The number of carbonyl (C=O) groups excluding carboxylic acids is 2. The fourth-order valence-electron chi connectivity index (χ4n) is 1.97. The van der Waals surface area contributed by atoms with Crippen molar-refractivity contribution in [2.75, 3.05) is 18.5 Å². The molecule has 142 valence electrons. The van der Waals surface area contributed by atoms with Crippen LogP contribution in [0.15, 0.2) is 48.5 Å². The quantitative estimate of drug-likeness (QED) is 0.538. The van der Waals surface area contributed by atoms with Crippen molar-refractivity contribution >= 4 is 46.5 Å². The van der Waals surface area contributed by atoms with Gasteiger partial charge in [0, 0.05) is 10.7 Å². The molecule has 0 aliphatic carbocycles. The van der Waals surface area contributed by atoms with Crippen molar-refractivity contribution in [2.24, 2.45) is 0 Å². The molecule has 8 heteroatoms. The van der Waals surface area contributed by atoms with Crippen LogP contribution < -0.4 is 15.4 Å². The number of halogens is 1. The number of amides is 1. The van der Waals surface area contributed by atoms with E-state index in [4.69, 9.17) is 33.3 Å². The van der Waals surface area contributed by atoms with Crippen molar-refractivity contribution in [3.05, 3.63) is 59.1 Å². The third-order valence-corrected chi connectivity index (χ3v) is 3.71. The van der Waals surface area contributed by atoms with Gasteiger partial charge in [0.25, 0.3) is 5.91 Å². The van der Waals surface area contributed by atoms with Gasteiger partial charge in [0.05, 0.1) is 12.2 Å². The molecule has 27 heavy (non-hydrogen) atoms. The molecule has 2 aromatic rings. The summed E-state index contributed by atoms with van der Waals surface area (Å²) in [5, 5.41) is 6.09. The van der Waals surface area contributed by atoms with E-state index in [-0.39, 0.29) is 17.7 Å². The summed E-state index contributed by atoms with van der Waals surface area (Å²) in [6, 6.07) is 13.3. The number of nitrogens with one attached hydrogen (secondary N) is 2. The van der Waals surface area contributed by atoms with E-state index in [1.807, 2.05) is 6.92 Å². The zero-order chi connectivity index (χ0) is 19.6. The Labute approximate surface area is 167 Å². The molecule has 0 aromatic heterocycles. The maximum absolute atomic E-state index is 11.9. The molecule has 0 spiro atoms. The Morgan fingerprint density at radius 1 is 1.07 bits per heavy atom. The van der Waals surface area contributed by atoms with Gasteiger partial charge in [-0.25, -0.2) is 4.79 Å². The lowest BCUT2D eigenvalue weighted by molar-refractivity contribution is -0.121. The maximum Gasteiger partial charge on any atom is 0.338 e. The number of ether oxygens (including phenoxy) is 2. The van der Waals surface area contributed by atoms with Crippen LogP contribution in [0.3, 0.4) is 0 Å².